The van der Waals surface area contributed by atoms with Crippen LogP contribution in [0.25, 0.3) is 0 Å². The molecule has 0 bridgehead atoms. The van der Waals surface area contributed by atoms with E-state index in [0.717, 1.165) is 24.4 Å². The summed E-state index contributed by atoms with van der Waals surface area (Å²) in [6, 6.07) is 9.23. The van der Waals surface area contributed by atoms with Gasteiger partial charge in [-0.05, 0) is 25.5 Å². The van der Waals surface area contributed by atoms with Crippen LogP contribution in [-0.2, 0) is 11.2 Å². The quantitative estimate of drug-likeness (QED) is 0.895. The first-order chi connectivity index (χ1) is 9.22. The summed E-state index contributed by atoms with van der Waals surface area (Å²) in [6.45, 7) is 3.99. The molecule has 1 aromatic carbocycles. The summed E-state index contributed by atoms with van der Waals surface area (Å²) in [7, 11) is 0. The second kappa shape index (κ2) is 6.18. The molecule has 0 spiro atoms. The number of hydrogen-bond acceptors (Lipinski definition) is 2. The average molecular weight is 257 g/mol. The number of anilines is 1. The molecule has 0 aliphatic heterocycles. The molecule has 2 aromatic rings. The Morgan fingerprint density at radius 1 is 1.37 bits per heavy atom. The molecule has 1 atom stereocenters. The van der Waals surface area contributed by atoms with Gasteiger partial charge in [-0.2, -0.15) is 0 Å². The summed E-state index contributed by atoms with van der Waals surface area (Å²) in [5.74, 6) is 0.930. The third-order valence-corrected chi connectivity index (χ3v) is 3.06. The number of benzene rings is 1. The molecule has 0 aliphatic carbocycles. The van der Waals surface area contributed by atoms with Gasteiger partial charge in [0.05, 0.1) is 0 Å². The number of amides is 1. The van der Waals surface area contributed by atoms with Gasteiger partial charge in [0.1, 0.15) is 11.9 Å². The SMILES string of the molecule is CCCc1nccn1C(C)C(=O)Nc1ccccc1. The van der Waals surface area contributed by atoms with E-state index in [1.165, 1.54) is 0 Å². The predicted octanol–water partition coefficient (Wildman–Crippen LogP) is 3.04. The van der Waals surface area contributed by atoms with E-state index in [1.54, 1.807) is 6.20 Å². The Morgan fingerprint density at radius 3 is 2.79 bits per heavy atom. The highest BCUT2D eigenvalue weighted by Crippen LogP contribution is 2.14. The van der Waals surface area contributed by atoms with Gasteiger partial charge >= 0.3 is 0 Å². The molecule has 0 saturated carbocycles. The van der Waals surface area contributed by atoms with E-state index in [4.69, 9.17) is 0 Å². The fourth-order valence-electron chi connectivity index (χ4n) is 2.01. The van der Waals surface area contributed by atoms with E-state index < -0.39 is 0 Å². The Kier molecular flexibility index (Phi) is 4.34. The van der Waals surface area contributed by atoms with E-state index in [9.17, 15) is 4.79 Å². The number of nitrogens with one attached hydrogen (secondary N) is 1. The first-order valence-electron chi connectivity index (χ1n) is 6.60. The normalized spacial score (nSPS) is 12.1. The standard InChI is InChI=1S/C15H19N3O/c1-3-7-14-16-10-11-18(14)12(2)15(19)17-13-8-5-4-6-9-13/h4-6,8-12H,3,7H2,1-2H3,(H,17,19). The first kappa shape index (κ1) is 13.3. The first-order valence-corrected chi connectivity index (χ1v) is 6.60. The van der Waals surface area contributed by atoms with Crippen LogP contribution >= 0.6 is 0 Å². The zero-order chi connectivity index (χ0) is 13.7. The Labute approximate surface area is 113 Å². The molecule has 4 heteroatoms. The Bertz CT molecular complexity index is 533. The van der Waals surface area contributed by atoms with Gasteiger partial charge in [-0.25, -0.2) is 4.98 Å². The molecule has 4 nitrogen and oxygen atoms in total. The fourth-order valence-corrected chi connectivity index (χ4v) is 2.01. The maximum absolute atomic E-state index is 12.2. The van der Waals surface area contributed by atoms with Crippen molar-refractivity contribution in [3.05, 3.63) is 48.5 Å². The second-order valence-corrected chi connectivity index (χ2v) is 4.53. The van der Waals surface area contributed by atoms with Crippen molar-refractivity contribution in [2.45, 2.75) is 32.7 Å². The highest BCUT2D eigenvalue weighted by Gasteiger charge is 2.17. The van der Waals surface area contributed by atoms with Crippen molar-refractivity contribution in [2.24, 2.45) is 0 Å². The lowest BCUT2D eigenvalue weighted by Gasteiger charge is -2.16. The van der Waals surface area contributed by atoms with Crippen LogP contribution in [0, 0.1) is 0 Å². The summed E-state index contributed by atoms with van der Waals surface area (Å²) in [5, 5.41) is 2.91. The van der Waals surface area contributed by atoms with Gasteiger partial charge in [0.15, 0.2) is 0 Å². The lowest BCUT2D eigenvalue weighted by molar-refractivity contribution is -0.118. The average Bonchev–Trinajstić information content (AvgIpc) is 2.87. The number of aromatic nitrogens is 2. The zero-order valence-corrected chi connectivity index (χ0v) is 11.3. The monoisotopic (exact) mass is 257 g/mol. The molecule has 100 valence electrons. The largest absolute Gasteiger partial charge is 0.324 e. The van der Waals surface area contributed by atoms with E-state index in [1.807, 2.05) is 48.0 Å². The van der Waals surface area contributed by atoms with Crippen LogP contribution in [0.5, 0.6) is 0 Å². The van der Waals surface area contributed by atoms with Crippen molar-refractivity contribution >= 4 is 11.6 Å². The minimum Gasteiger partial charge on any atom is -0.324 e. The van der Waals surface area contributed by atoms with Crippen molar-refractivity contribution in [3.63, 3.8) is 0 Å². The van der Waals surface area contributed by atoms with Gasteiger partial charge in [0.2, 0.25) is 5.91 Å². The van der Waals surface area contributed by atoms with Crippen LogP contribution in [0.4, 0.5) is 5.69 Å². The van der Waals surface area contributed by atoms with E-state index in [2.05, 4.69) is 17.2 Å². The molecular formula is C15H19N3O. The summed E-state index contributed by atoms with van der Waals surface area (Å²) >= 11 is 0. The topological polar surface area (TPSA) is 46.9 Å². The third-order valence-electron chi connectivity index (χ3n) is 3.06. The zero-order valence-electron chi connectivity index (χ0n) is 11.3. The van der Waals surface area contributed by atoms with Crippen molar-refractivity contribution in [1.82, 2.24) is 9.55 Å². The fraction of sp³-hybridized carbons (Fsp3) is 0.333. The third kappa shape index (κ3) is 3.22. The van der Waals surface area contributed by atoms with Crippen molar-refractivity contribution in [2.75, 3.05) is 5.32 Å². The summed E-state index contributed by atoms with van der Waals surface area (Å²) in [5.41, 5.74) is 0.816. The van der Waals surface area contributed by atoms with Crippen LogP contribution in [0.3, 0.4) is 0 Å². The van der Waals surface area contributed by atoms with Crippen LogP contribution < -0.4 is 5.32 Å². The highest BCUT2D eigenvalue weighted by molar-refractivity contribution is 5.93. The predicted molar refractivity (Wildman–Crippen MR) is 76.0 cm³/mol. The minimum absolute atomic E-state index is 0.0263. The van der Waals surface area contributed by atoms with Crippen LogP contribution in [0.15, 0.2) is 42.7 Å². The molecule has 1 aromatic heterocycles. The summed E-state index contributed by atoms with van der Waals surface area (Å²) in [4.78, 5) is 16.5. The van der Waals surface area contributed by atoms with Gasteiger partial charge in [-0.1, -0.05) is 25.1 Å². The summed E-state index contributed by atoms with van der Waals surface area (Å²) < 4.78 is 1.93. The Hall–Kier alpha value is -2.10. The molecule has 0 saturated heterocycles. The van der Waals surface area contributed by atoms with Crippen LogP contribution in [-0.4, -0.2) is 15.5 Å². The van der Waals surface area contributed by atoms with E-state index >= 15 is 0 Å². The molecule has 1 heterocycles. The van der Waals surface area contributed by atoms with Crippen LogP contribution in [0.2, 0.25) is 0 Å². The number of aryl methyl sites for hydroxylation is 1. The molecule has 0 aliphatic rings. The highest BCUT2D eigenvalue weighted by atomic mass is 16.2. The Morgan fingerprint density at radius 2 is 2.11 bits per heavy atom. The van der Waals surface area contributed by atoms with Gasteiger partial charge in [-0.15, -0.1) is 0 Å². The number of carbonyl (C=O) groups is 1. The van der Waals surface area contributed by atoms with Crippen molar-refractivity contribution in [3.8, 4) is 0 Å². The van der Waals surface area contributed by atoms with Gasteiger partial charge < -0.3 is 9.88 Å². The number of imidazole rings is 1. The van der Waals surface area contributed by atoms with Crippen molar-refractivity contribution in [1.29, 1.82) is 0 Å². The Balaban J connectivity index is 2.08. The van der Waals surface area contributed by atoms with E-state index in [-0.39, 0.29) is 11.9 Å². The molecular weight excluding hydrogens is 238 g/mol. The molecule has 1 N–H and O–H groups in total. The number of rotatable bonds is 5. The number of para-hydroxylation sites is 1. The molecule has 1 amide bonds. The molecule has 0 radical (unpaired) electrons. The van der Waals surface area contributed by atoms with Gasteiger partial charge in [0, 0.05) is 24.5 Å². The van der Waals surface area contributed by atoms with Crippen LogP contribution in [0.1, 0.15) is 32.1 Å². The minimum atomic E-state index is -0.260. The lowest BCUT2D eigenvalue weighted by Crippen LogP contribution is -2.24. The van der Waals surface area contributed by atoms with Gasteiger partial charge in [0.25, 0.3) is 0 Å². The summed E-state index contributed by atoms with van der Waals surface area (Å²) in [6.07, 6.45) is 5.51. The van der Waals surface area contributed by atoms with Gasteiger partial charge in [-0.3, -0.25) is 4.79 Å². The molecule has 2 rings (SSSR count). The van der Waals surface area contributed by atoms with E-state index in [0.29, 0.717) is 0 Å². The maximum Gasteiger partial charge on any atom is 0.247 e. The number of nitrogens with zero attached hydrogens (tertiary/aromatic N) is 2. The molecule has 1 unspecified atom stereocenters. The maximum atomic E-state index is 12.2. The number of hydrogen-bond donors (Lipinski definition) is 1. The molecule has 19 heavy (non-hydrogen) atoms. The lowest BCUT2D eigenvalue weighted by atomic mass is 10.2. The molecule has 0 fully saturated rings. The number of carbonyl (C=O) groups excluding carboxylic acids is 1. The smallest absolute Gasteiger partial charge is 0.247 e. The van der Waals surface area contributed by atoms with Crippen molar-refractivity contribution < 1.29 is 4.79 Å². The second-order valence-electron chi connectivity index (χ2n) is 4.53.